The number of sulfone groups is 1. The number of ether oxygens (including phenoxy) is 1. The summed E-state index contributed by atoms with van der Waals surface area (Å²) < 4.78 is 28.0. The second-order valence-corrected chi connectivity index (χ2v) is 6.95. The van der Waals surface area contributed by atoms with Crippen molar-refractivity contribution in [2.24, 2.45) is 10.9 Å². The van der Waals surface area contributed by atoms with Crippen LogP contribution in [-0.2, 0) is 9.84 Å². The number of benzene rings is 1. The van der Waals surface area contributed by atoms with Crippen LogP contribution in [0, 0.1) is 0 Å². The van der Waals surface area contributed by atoms with E-state index in [1.807, 2.05) is 0 Å². The number of hydrogen-bond acceptors (Lipinski definition) is 5. The van der Waals surface area contributed by atoms with Crippen LogP contribution in [-0.4, -0.2) is 37.6 Å². The highest BCUT2D eigenvalue weighted by atomic mass is 35.5. The summed E-state index contributed by atoms with van der Waals surface area (Å²) in [7, 11) is -2.97. The summed E-state index contributed by atoms with van der Waals surface area (Å²) in [6.07, 6.45) is 0.412. The van der Waals surface area contributed by atoms with E-state index in [1.54, 1.807) is 19.1 Å². The Morgan fingerprint density at radius 1 is 1.50 bits per heavy atom. The molecule has 0 fully saturated rings. The summed E-state index contributed by atoms with van der Waals surface area (Å²) in [5.74, 6) is 0.640. The van der Waals surface area contributed by atoms with Crippen LogP contribution in [0.5, 0.6) is 5.75 Å². The van der Waals surface area contributed by atoms with Gasteiger partial charge in [-0.1, -0.05) is 23.7 Å². The fraction of sp³-hybridized carbons (Fsp3) is 0.417. The van der Waals surface area contributed by atoms with Crippen molar-refractivity contribution in [3.63, 3.8) is 0 Å². The first kappa shape index (κ1) is 16.6. The first-order chi connectivity index (χ1) is 9.39. The molecule has 0 aliphatic heterocycles. The molecule has 0 aliphatic carbocycles. The van der Waals surface area contributed by atoms with Gasteiger partial charge in [-0.15, -0.1) is 0 Å². The molecule has 3 N–H and O–H groups in total. The normalized spacial score (nSPS) is 12.4. The van der Waals surface area contributed by atoms with Gasteiger partial charge in [0.15, 0.2) is 5.84 Å². The molecule has 0 heterocycles. The van der Waals surface area contributed by atoms with Crippen molar-refractivity contribution >= 4 is 27.3 Å². The Hall–Kier alpha value is -1.47. The van der Waals surface area contributed by atoms with Gasteiger partial charge in [0.05, 0.1) is 17.4 Å². The molecular formula is C12H17ClN2O4S. The third kappa shape index (κ3) is 4.90. The van der Waals surface area contributed by atoms with E-state index >= 15 is 0 Å². The highest BCUT2D eigenvalue weighted by Crippen LogP contribution is 2.22. The molecule has 0 saturated carbocycles. The van der Waals surface area contributed by atoms with Gasteiger partial charge in [-0.3, -0.25) is 0 Å². The van der Waals surface area contributed by atoms with Gasteiger partial charge in [-0.2, -0.15) is 0 Å². The lowest BCUT2D eigenvalue weighted by Gasteiger charge is -2.08. The van der Waals surface area contributed by atoms with Crippen LogP contribution in [0.2, 0.25) is 5.02 Å². The fourth-order valence-corrected chi connectivity index (χ4v) is 2.57. The average Bonchev–Trinajstić information content (AvgIpc) is 2.43. The lowest BCUT2D eigenvalue weighted by Crippen LogP contribution is -2.14. The minimum absolute atomic E-state index is 0.0874. The summed E-state index contributed by atoms with van der Waals surface area (Å²) in [6, 6.07) is 4.71. The largest absolute Gasteiger partial charge is 0.494 e. The SMILES string of the molecule is CCS(=O)(=O)CCCOc1ccc(/C(N)=N/O)c(Cl)c1. The van der Waals surface area contributed by atoms with Crippen LogP contribution in [0.3, 0.4) is 0 Å². The molecule has 20 heavy (non-hydrogen) atoms. The molecule has 1 aromatic carbocycles. The Balaban J connectivity index is 2.56. The van der Waals surface area contributed by atoms with Gasteiger partial charge in [-0.25, -0.2) is 8.42 Å². The van der Waals surface area contributed by atoms with E-state index in [2.05, 4.69) is 5.16 Å². The van der Waals surface area contributed by atoms with Crippen LogP contribution < -0.4 is 10.5 Å². The van der Waals surface area contributed by atoms with Crippen LogP contribution in [0.4, 0.5) is 0 Å². The van der Waals surface area contributed by atoms with Crippen molar-refractivity contribution in [3.05, 3.63) is 28.8 Å². The van der Waals surface area contributed by atoms with Crippen LogP contribution in [0.1, 0.15) is 18.9 Å². The standard InChI is InChI=1S/C12H17ClN2O4S/c1-2-20(17,18)7-3-6-19-9-4-5-10(11(13)8-9)12(14)15-16/h4-5,8,16H,2-3,6-7H2,1H3,(H2,14,15). The molecule has 112 valence electrons. The van der Waals surface area contributed by atoms with Crippen LogP contribution in [0.25, 0.3) is 0 Å². The summed E-state index contributed by atoms with van der Waals surface area (Å²) >= 11 is 5.96. The molecule has 0 amide bonds. The van der Waals surface area contributed by atoms with Crippen molar-refractivity contribution in [2.75, 3.05) is 18.1 Å². The molecule has 0 bridgehead atoms. The van der Waals surface area contributed by atoms with E-state index in [0.29, 0.717) is 22.8 Å². The van der Waals surface area contributed by atoms with Crippen molar-refractivity contribution in [3.8, 4) is 5.75 Å². The maximum Gasteiger partial charge on any atom is 0.171 e. The van der Waals surface area contributed by atoms with Gasteiger partial charge in [0.1, 0.15) is 15.6 Å². The molecule has 1 rings (SSSR count). The van der Waals surface area contributed by atoms with Gasteiger partial charge in [0, 0.05) is 11.3 Å². The van der Waals surface area contributed by atoms with Crippen molar-refractivity contribution in [2.45, 2.75) is 13.3 Å². The molecule has 8 heteroatoms. The highest BCUT2D eigenvalue weighted by molar-refractivity contribution is 7.91. The molecule has 0 spiro atoms. The molecular weight excluding hydrogens is 304 g/mol. The first-order valence-corrected chi connectivity index (χ1v) is 8.20. The third-order valence-electron chi connectivity index (χ3n) is 2.63. The Bertz CT molecular complexity index is 587. The van der Waals surface area contributed by atoms with Crippen LogP contribution >= 0.6 is 11.6 Å². The van der Waals surface area contributed by atoms with Gasteiger partial charge in [-0.05, 0) is 24.6 Å². The van der Waals surface area contributed by atoms with Gasteiger partial charge >= 0.3 is 0 Å². The average molecular weight is 321 g/mol. The molecule has 0 atom stereocenters. The van der Waals surface area contributed by atoms with E-state index in [4.69, 9.17) is 27.3 Å². The Morgan fingerprint density at radius 2 is 2.20 bits per heavy atom. The molecule has 0 aromatic heterocycles. The lowest BCUT2D eigenvalue weighted by atomic mass is 10.2. The van der Waals surface area contributed by atoms with E-state index < -0.39 is 9.84 Å². The molecule has 0 saturated heterocycles. The van der Waals surface area contributed by atoms with E-state index in [1.165, 1.54) is 6.07 Å². The molecule has 6 nitrogen and oxygen atoms in total. The second-order valence-electron chi connectivity index (χ2n) is 4.07. The molecule has 0 radical (unpaired) electrons. The molecule has 0 unspecified atom stereocenters. The maximum atomic E-state index is 11.3. The van der Waals surface area contributed by atoms with Gasteiger partial charge in [0.2, 0.25) is 0 Å². The number of nitrogens with two attached hydrogens (primary N) is 1. The predicted octanol–water partition coefficient (Wildman–Crippen LogP) is 1.64. The topological polar surface area (TPSA) is 102 Å². The van der Waals surface area contributed by atoms with Crippen molar-refractivity contribution in [1.29, 1.82) is 0 Å². The number of nitrogens with zero attached hydrogens (tertiary/aromatic N) is 1. The van der Waals surface area contributed by atoms with Crippen molar-refractivity contribution < 1.29 is 18.4 Å². The zero-order valence-corrected chi connectivity index (χ0v) is 12.6. The monoisotopic (exact) mass is 320 g/mol. The maximum absolute atomic E-state index is 11.3. The number of amidine groups is 1. The van der Waals surface area contributed by atoms with Gasteiger partial charge in [0.25, 0.3) is 0 Å². The Labute approximate surface area is 123 Å². The quantitative estimate of drug-likeness (QED) is 0.261. The van der Waals surface area contributed by atoms with Gasteiger partial charge < -0.3 is 15.7 Å². The zero-order valence-electron chi connectivity index (χ0n) is 11.0. The lowest BCUT2D eigenvalue weighted by molar-refractivity contribution is 0.317. The Kier molecular flexibility index (Phi) is 6.09. The smallest absolute Gasteiger partial charge is 0.171 e. The number of oxime groups is 1. The summed E-state index contributed by atoms with van der Waals surface area (Å²) in [4.78, 5) is 0. The van der Waals surface area contributed by atoms with Crippen molar-refractivity contribution in [1.82, 2.24) is 0 Å². The van der Waals surface area contributed by atoms with E-state index in [-0.39, 0.29) is 23.9 Å². The minimum atomic E-state index is -2.97. The number of hydrogen-bond donors (Lipinski definition) is 2. The highest BCUT2D eigenvalue weighted by Gasteiger charge is 2.09. The second kappa shape index (κ2) is 7.35. The van der Waals surface area contributed by atoms with E-state index in [0.717, 1.165) is 0 Å². The van der Waals surface area contributed by atoms with Crippen LogP contribution in [0.15, 0.2) is 23.4 Å². The summed E-state index contributed by atoms with van der Waals surface area (Å²) in [5, 5.41) is 11.7. The number of rotatable bonds is 7. The predicted molar refractivity (Wildman–Crippen MR) is 78.4 cm³/mol. The summed E-state index contributed by atoms with van der Waals surface area (Å²) in [5.41, 5.74) is 5.84. The molecule has 1 aromatic rings. The van der Waals surface area contributed by atoms with E-state index in [9.17, 15) is 8.42 Å². The summed E-state index contributed by atoms with van der Waals surface area (Å²) in [6.45, 7) is 1.89. The Morgan fingerprint density at radius 3 is 2.75 bits per heavy atom. The zero-order chi connectivity index (χ0) is 15.2. The fourth-order valence-electron chi connectivity index (χ4n) is 1.46. The first-order valence-electron chi connectivity index (χ1n) is 6.00. The molecule has 0 aliphatic rings. The third-order valence-corrected chi connectivity index (χ3v) is 4.74. The number of halogens is 1. The minimum Gasteiger partial charge on any atom is -0.494 e.